The molecule has 0 unspecified atom stereocenters. The number of aryl methyl sites for hydroxylation is 2. The van der Waals surface area contributed by atoms with Gasteiger partial charge in [0, 0.05) is 17.6 Å². The normalized spacial score (nSPS) is 12.9. The van der Waals surface area contributed by atoms with Gasteiger partial charge in [-0.25, -0.2) is 0 Å². The minimum absolute atomic E-state index is 0.0665. The molecule has 0 fully saturated rings. The lowest BCUT2D eigenvalue weighted by molar-refractivity contribution is -0.140. The van der Waals surface area contributed by atoms with E-state index in [-0.39, 0.29) is 24.3 Å². The highest BCUT2D eigenvalue weighted by atomic mass is 35.5. The molecule has 2 atom stereocenters. The lowest BCUT2D eigenvalue weighted by Gasteiger charge is -2.30. The average molecular weight is 415 g/mol. The molecule has 0 aromatic heterocycles. The second kappa shape index (κ2) is 10.4. The Bertz CT molecular complexity index is 828. The SMILES string of the molecule is CC[C@@H](C)NC(=O)[C@H](C)N(Cc1ccc(Cl)cc1)C(=O)Cc1cc(C)cc(C)c1. The van der Waals surface area contributed by atoms with E-state index in [0.717, 1.165) is 28.7 Å². The monoisotopic (exact) mass is 414 g/mol. The molecule has 0 aliphatic rings. The van der Waals surface area contributed by atoms with E-state index < -0.39 is 6.04 Å². The molecule has 0 radical (unpaired) electrons. The fraction of sp³-hybridized carbons (Fsp3) is 0.417. The van der Waals surface area contributed by atoms with E-state index in [9.17, 15) is 9.59 Å². The van der Waals surface area contributed by atoms with Crippen LogP contribution in [0.3, 0.4) is 0 Å². The van der Waals surface area contributed by atoms with Crippen molar-refractivity contribution in [3.8, 4) is 0 Å². The van der Waals surface area contributed by atoms with Gasteiger partial charge in [-0.05, 0) is 57.4 Å². The Balaban J connectivity index is 2.25. The van der Waals surface area contributed by atoms with E-state index in [1.165, 1.54) is 0 Å². The number of nitrogens with one attached hydrogen (secondary N) is 1. The van der Waals surface area contributed by atoms with Gasteiger partial charge in [-0.3, -0.25) is 9.59 Å². The fourth-order valence-corrected chi connectivity index (χ4v) is 3.41. The van der Waals surface area contributed by atoms with Gasteiger partial charge in [0.05, 0.1) is 6.42 Å². The Morgan fingerprint density at radius 3 is 2.14 bits per heavy atom. The van der Waals surface area contributed by atoms with E-state index in [1.54, 1.807) is 24.0 Å². The average Bonchev–Trinajstić information content (AvgIpc) is 2.65. The van der Waals surface area contributed by atoms with Crippen molar-refractivity contribution in [3.63, 3.8) is 0 Å². The maximum absolute atomic E-state index is 13.2. The van der Waals surface area contributed by atoms with Crippen molar-refractivity contribution in [2.24, 2.45) is 0 Å². The van der Waals surface area contributed by atoms with Crippen molar-refractivity contribution in [2.75, 3.05) is 0 Å². The quantitative estimate of drug-likeness (QED) is 0.672. The van der Waals surface area contributed by atoms with Crippen LogP contribution in [0.5, 0.6) is 0 Å². The maximum atomic E-state index is 13.2. The topological polar surface area (TPSA) is 49.4 Å². The summed E-state index contributed by atoms with van der Waals surface area (Å²) in [5.74, 6) is -0.209. The van der Waals surface area contributed by atoms with Crippen LogP contribution in [0, 0.1) is 13.8 Å². The second-order valence-electron chi connectivity index (χ2n) is 7.81. The largest absolute Gasteiger partial charge is 0.352 e. The molecule has 1 N–H and O–H groups in total. The smallest absolute Gasteiger partial charge is 0.242 e. The molecule has 29 heavy (non-hydrogen) atoms. The molecule has 0 saturated heterocycles. The molecule has 2 amide bonds. The molecule has 0 bridgehead atoms. The van der Waals surface area contributed by atoms with Gasteiger partial charge in [0.2, 0.25) is 11.8 Å². The molecule has 0 spiro atoms. The standard InChI is InChI=1S/C24H31ClN2O2/c1-6-18(4)26-24(29)19(5)27(15-20-7-9-22(25)10-8-20)23(28)14-21-12-16(2)11-17(3)13-21/h7-13,18-19H,6,14-15H2,1-5H3,(H,26,29)/t18-,19+/m1/s1. The van der Waals surface area contributed by atoms with E-state index in [0.29, 0.717) is 11.6 Å². The van der Waals surface area contributed by atoms with Gasteiger partial charge in [0.1, 0.15) is 6.04 Å². The minimum atomic E-state index is -0.571. The zero-order valence-corrected chi connectivity index (χ0v) is 18.7. The summed E-state index contributed by atoms with van der Waals surface area (Å²) in [7, 11) is 0. The number of hydrogen-bond donors (Lipinski definition) is 1. The lowest BCUT2D eigenvalue weighted by Crippen LogP contribution is -2.49. The molecule has 0 aliphatic carbocycles. The first kappa shape index (κ1) is 23.0. The van der Waals surface area contributed by atoms with Crippen LogP contribution in [0.4, 0.5) is 0 Å². The van der Waals surface area contributed by atoms with Gasteiger partial charge in [0.15, 0.2) is 0 Å². The van der Waals surface area contributed by atoms with E-state index in [2.05, 4.69) is 11.4 Å². The van der Waals surface area contributed by atoms with Crippen molar-refractivity contribution >= 4 is 23.4 Å². The second-order valence-corrected chi connectivity index (χ2v) is 8.25. The third kappa shape index (κ3) is 6.90. The van der Waals surface area contributed by atoms with Crippen molar-refractivity contribution < 1.29 is 9.59 Å². The van der Waals surface area contributed by atoms with E-state index >= 15 is 0 Å². The van der Waals surface area contributed by atoms with Crippen LogP contribution in [0.2, 0.25) is 5.02 Å². The van der Waals surface area contributed by atoms with Crippen molar-refractivity contribution in [1.82, 2.24) is 10.2 Å². The molecule has 2 aromatic carbocycles. The number of carbonyl (C=O) groups excluding carboxylic acids is 2. The fourth-order valence-electron chi connectivity index (χ4n) is 3.28. The molecule has 0 heterocycles. The number of benzene rings is 2. The third-order valence-electron chi connectivity index (χ3n) is 5.07. The summed E-state index contributed by atoms with van der Waals surface area (Å²) in [4.78, 5) is 27.6. The summed E-state index contributed by atoms with van der Waals surface area (Å²) < 4.78 is 0. The number of amides is 2. The molecular weight excluding hydrogens is 384 g/mol. The van der Waals surface area contributed by atoms with Crippen molar-refractivity contribution in [3.05, 3.63) is 69.7 Å². The number of hydrogen-bond acceptors (Lipinski definition) is 2. The summed E-state index contributed by atoms with van der Waals surface area (Å²) in [5, 5.41) is 3.63. The predicted molar refractivity (Wildman–Crippen MR) is 119 cm³/mol. The highest BCUT2D eigenvalue weighted by molar-refractivity contribution is 6.30. The maximum Gasteiger partial charge on any atom is 0.242 e. The number of rotatable bonds is 8. The molecule has 156 valence electrons. The Labute approximate surface area is 179 Å². The van der Waals surface area contributed by atoms with Crippen LogP contribution in [0.1, 0.15) is 49.4 Å². The minimum Gasteiger partial charge on any atom is -0.352 e. The first-order valence-corrected chi connectivity index (χ1v) is 10.5. The Morgan fingerprint density at radius 1 is 1.00 bits per heavy atom. The van der Waals surface area contributed by atoms with Crippen LogP contribution in [-0.2, 0) is 22.6 Å². The molecule has 0 aliphatic heterocycles. The Morgan fingerprint density at radius 2 is 1.59 bits per heavy atom. The highest BCUT2D eigenvalue weighted by Gasteiger charge is 2.26. The summed E-state index contributed by atoms with van der Waals surface area (Å²) in [5.41, 5.74) is 4.15. The molecular formula is C24H31ClN2O2. The van der Waals surface area contributed by atoms with Crippen molar-refractivity contribution in [2.45, 2.75) is 66.1 Å². The molecule has 0 saturated carbocycles. The van der Waals surface area contributed by atoms with Crippen LogP contribution < -0.4 is 5.32 Å². The molecule has 5 heteroatoms. The van der Waals surface area contributed by atoms with Crippen LogP contribution in [0.15, 0.2) is 42.5 Å². The van der Waals surface area contributed by atoms with Crippen molar-refractivity contribution in [1.29, 1.82) is 0 Å². The number of halogens is 1. The zero-order chi connectivity index (χ0) is 21.6. The summed E-state index contributed by atoms with van der Waals surface area (Å²) in [6.07, 6.45) is 1.10. The first-order chi connectivity index (χ1) is 13.7. The third-order valence-corrected chi connectivity index (χ3v) is 5.32. The molecule has 2 rings (SSSR count). The zero-order valence-electron chi connectivity index (χ0n) is 18.0. The van der Waals surface area contributed by atoms with Gasteiger partial charge >= 0.3 is 0 Å². The summed E-state index contributed by atoms with van der Waals surface area (Å²) in [6.45, 7) is 10.2. The van der Waals surface area contributed by atoms with E-state index in [1.807, 2.05) is 52.0 Å². The van der Waals surface area contributed by atoms with Gasteiger partial charge in [-0.15, -0.1) is 0 Å². The first-order valence-electron chi connectivity index (χ1n) is 10.1. The molecule has 2 aromatic rings. The van der Waals surface area contributed by atoms with Gasteiger partial charge in [-0.2, -0.15) is 0 Å². The van der Waals surface area contributed by atoms with E-state index in [4.69, 9.17) is 11.6 Å². The molecule has 4 nitrogen and oxygen atoms in total. The number of carbonyl (C=O) groups is 2. The summed E-state index contributed by atoms with van der Waals surface area (Å²) in [6, 6.07) is 13.0. The summed E-state index contributed by atoms with van der Waals surface area (Å²) >= 11 is 5.99. The van der Waals surface area contributed by atoms with Gasteiger partial charge in [0.25, 0.3) is 0 Å². The van der Waals surface area contributed by atoms with Crippen LogP contribution in [-0.4, -0.2) is 28.8 Å². The Hall–Kier alpha value is -2.33. The van der Waals surface area contributed by atoms with Crippen LogP contribution >= 0.6 is 11.6 Å². The van der Waals surface area contributed by atoms with Crippen LogP contribution in [0.25, 0.3) is 0 Å². The van der Waals surface area contributed by atoms with Gasteiger partial charge < -0.3 is 10.2 Å². The number of nitrogens with zero attached hydrogens (tertiary/aromatic N) is 1. The lowest BCUT2D eigenvalue weighted by atomic mass is 10.0. The van der Waals surface area contributed by atoms with Gasteiger partial charge in [-0.1, -0.05) is 60.0 Å². The highest BCUT2D eigenvalue weighted by Crippen LogP contribution is 2.16. The predicted octanol–water partition coefficient (Wildman–Crippen LogP) is 4.83. The Kier molecular flexibility index (Phi) is 8.27.